The first kappa shape index (κ1) is 20.9. The molecule has 3 rings (SSSR count). The van der Waals surface area contributed by atoms with Crippen LogP contribution in [0.3, 0.4) is 0 Å². The van der Waals surface area contributed by atoms with Gasteiger partial charge in [-0.25, -0.2) is 4.79 Å². The Hall–Kier alpha value is -2.87. The van der Waals surface area contributed by atoms with Gasteiger partial charge in [-0.1, -0.05) is 17.7 Å². The summed E-state index contributed by atoms with van der Waals surface area (Å²) in [6.07, 6.45) is 1.67. The zero-order chi connectivity index (χ0) is 20.6. The van der Waals surface area contributed by atoms with Gasteiger partial charge in [-0.05, 0) is 44.0 Å². The molecule has 0 aliphatic carbocycles. The van der Waals surface area contributed by atoms with Crippen molar-refractivity contribution in [2.75, 3.05) is 36.5 Å². The lowest BCUT2D eigenvalue weighted by Gasteiger charge is -2.32. The average Bonchev–Trinajstić information content (AvgIpc) is 2.73. The molecule has 1 aromatic heterocycles. The first-order valence-corrected chi connectivity index (χ1v) is 9.86. The molecule has 0 saturated carbocycles. The molecule has 29 heavy (non-hydrogen) atoms. The minimum Gasteiger partial charge on any atom is -0.482 e. The van der Waals surface area contributed by atoms with Crippen LogP contribution in [0, 0.1) is 5.92 Å². The van der Waals surface area contributed by atoms with Gasteiger partial charge >= 0.3 is 5.97 Å². The lowest BCUT2D eigenvalue weighted by molar-refractivity contribution is -0.145. The van der Waals surface area contributed by atoms with E-state index in [0.717, 1.165) is 19.4 Å². The predicted octanol–water partition coefficient (Wildman–Crippen LogP) is 2.93. The lowest BCUT2D eigenvalue weighted by atomic mass is 9.97. The number of rotatable bonds is 7. The van der Waals surface area contributed by atoms with Crippen LogP contribution in [0.2, 0.25) is 5.15 Å². The molecule has 2 aromatic rings. The second kappa shape index (κ2) is 10.1. The summed E-state index contributed by atoms with van der Waals surface area (Å²) in [5.41, 5.74) is 0.611. The Balaban J connectivity index is 1.57. The highest BCUT2D eigenvalue weighted by molar-refractivity contribution is 6.29. The van der Waals surface area contributed by atoms with Gasteiger partial charge in [0.05, 0.1) is 12.5 Å². The highest BCUT2D eigenvalue weighted by atomic mass is 35.5. The SMILES string of the molecule is CCOC(=O)COc1cccc(NC(=O)C2CCCN(c3ccc(Cl)nn3)C2)c1. The van der Waals surface area contributed by atoms with E-state index in [1.165, 1.54) is 0 Å². The van der Waals surface area contributed by atoms with Crippen LogP contribution in [-0.4, -0.2) is 48.4 Å². The van der Waals surface area contributed by atoms with Gasteiger partial charge in [0.15, 0.2) is 17.6 Å². The van der Waals surface area contributed by atoms with Gasteiger partial charge in [-0.15, -0.1) is 10.2 Å². The summed E-state index contributed by atoms with van der Waals surface area (Å²) in [6.45, 7) is 3.24. The Kier molecular flexibility index (Phi) is 7.24. The van der Waals surface area contributed by atoms with Gasteiger partial charge in [0, 0.05) is 24.8 Å². The molecule has 8 nitrogen and oxygen atoms in total. The second-order valence-corrected chi connectivity index (χ2v) is 7.00. The fourth-order valence-corrected chi connectivity index (χ4v) is 3.23. The fraction of sp³-hybridized carbons (Fsp3) is 0.400. The fourth-order valence-electron chi connectivity index (χ4n) is 3.13. The molecular formula is C20H23ClN4O4. The Morgan fingerprint density at radius 1 is 1.28 bits per heavy atom. The molecule has 1 aliphatic heterocycles. The Morgan fingerprint density at radius 2 is 2.14 bits per heavy atom. The minimum atomic E-state index is -0.436. The largest absolute Gasteiger partial charge is 0.482 e. The Morgan fingerprint density at radius 3 is 2.90 bits per heavy atom. The van der Waals surface area contributed by atoms with Crippen molar-refractivity contribution in [1.29, 1.82) is 0 Å². The molecule has 1 amide bonds. The molecule has 1 atom stereocenters. The third kappa shape index (κ3) is 6.05. The maximum Gasteiger partial charge on any atom is 0.344 e. The number of aromatic nitrogens is 2. The molecule has 1 saturated heterocycles. The van der Waals surface area contributed by atoms with Gasteiger partial charge in [0.1, 0.15) is 5.75 Å². The number of piperidine rings is 1. The normalized spacial score (nSPS) is 16.2. The number of nitrogens with zero attached hydrogens (tertiary/aromatic N) is 3. The third-order valence-corrected chi connectivity index (χ3v) is 4.70. The van der Waals surface area contributed by atoms with Crippen LogP contribution in [0.4, 0.5) is 11.5 Å². The topological polar surface area (TPSA) is 93.6 Å². The summed E-state index contributed by atoms with van der Waals surface area (Å²) in [5, 5.41) is 11.2. The average molecular weight is 419 g/mol. The van der Waals surface area contributed by atoms with Crippen molar-refractivity contribution in [3.8, 4) is 5.75 Å². The number of esters is 1. The highest BCUT2D eigenvalue weighted by Gasteiger charge is 2.27. The molecule has 9 heteroatoms. The lowest BCUT2D eigenvalue weighted by Crippen LogP contribution is -2.41. The van der Waals surface area contributed by atoms with E-state index in [1.54, 1.807) is 43.3 Å². The molecule has 0 radical (unpaired) electrons. The van der Waals surface area contributed by atoms with Crippen molar-refractivity contribution in [3.63, 3.8) is 0 Å². The van der Waals surface area contributed by atoms with Crippen molar-refractivity contribution in [3.05, 3.63) is 41.6 Å². The standard InChI is InChI=1S/C20H23ClN4O4/c1-2-28-19(26)13-29-16-7-3-6-15(11-16)22-20(27)14-5-4-10-25(12-14)18-9-8-17(21)23-24-18/h3,6-9,11,14H,2,4-5,10,12-13H2,1H3,(H,22,27). The molecule has 1 aromatic carbocycles. The van der Waals surface area contributed by atoms with E-state index < -0.39 is 5.97 Å². The van der Waals surface area contributed by atoms with Crippen LogP contribution in [0.25, 0.3) is 0 Å². The number of amides is 1. The van der Waals surface area contributed by atoms with Gasteiger partial charge in [0.2, 0.25) is 5.91 Å². The van der Waals surface area contributed by atoms with Crippen LogP contribution in [0.5, 0.6) is 5.75 Å². The number of hydrogen-bond donors (Lipinski definition) is 1. The van der Waals surface area contributed by atoms with Crippen LogP contribution < -0.4 is 15.0 Å². The molecular weight excluding hydrogens is 396 g/mol. The zero-order valence-corrected chi connectivity index (χ0v) is 16.9. The third-order valence-electron chi connectivity index (χ3n) is 4.50. The van der Waals surface area contributed by atoms with Crippen LogP contribution in [0.1, 0.15) is 19.8 Å². The Bertz CT molecular complexity index is 847. The van der Waals surface area contributed by atoms with Crippen molar-refractivity contribution >= 4 is 35.0 Å². The summed E-state index contributed by atoms with van der Waals surface area (Å²) < 4.78 is 10.2. The second-order valence-electron chi connectivity index (χ2n) is 6.61. The van der Waals surface area contributed by atoms with Gasteiger partial charge in [-0.3, -0.25) is 4.79 Å². The summed E-state index contributed by atoms with van der Waals surface area (Å²) >= 11 is 5.80. The van der Waals surface area contributed by atoms with Crippen molar-refractivity contribution in [2.24, 2.45) is 5.92 Å². The number of benzene rings is 1. The maximum atomic E-state index is 12.8. The first-order valence-electron chi connectivity index (χ1n) is 9.48. The van der Waals surface area contributed by atoms with Crippen LogP contribution in [0.15, 0.2) is 36.4 Å². The number of carbonyl (C=O) groups is 2. The van der Waals surface area contributed by atoms with Crippen LogP contribution in [-0.2, 0) is 14.3 Å². The predicted molar refractivity (Wildman–Crippen MR) is 109 cm³/mol. The molecule has 1 fully saturated rings. The smallest absolute Gasteiger partial charge is 0.344 e. The van der Waals surface area contributed by atoms with E-state index in [2.05, 4.69) is 15.5 Å². The van der Waals surface area contributed by atoms with Crippen molar-refractivity contribution in [2.45, 2.75) is 19.8 Å². The summed E-state index contributed by atoms with van der Waals surface area (Å²) in [4.78, 5) is 26.2. The molecule has 0 spiro atoms. The van der Waals surface area contributed by atoms with E-state index in [9.17, 15) is 9.59 Å². The van der Waals surface area contributed by atoms with E-state index in [4.69, 9.17) is 21.1 Å². The van der Waals surface area contributed by atoms with E-state index >= 15 is 0 Å². The maximum absolute atomic E-state index is 12.8. The molecule has 1 N–H and O–H groups in total. The van der Waals surface area contributed by atoms with Gasteiger partial charge in [0.25, 0.3) is 0 Å². The number of hydrogen-bond acceptors (Lipinski definition) is 7. The van der Waals surface area contributed by atoms with E-state index in [-0.39, 0.29) is 18.4 Å². The Labute approximate surface area is 174 Å². The summed E-state index contributed by atoms with van der Waals surface area (Å²) in [5.74, 6) is 0.512. The molecule has 0 bridgehead atoms. The molecule has 2 heterocycles. The van der Waals surface area contributed by atoms with E-state index in [0.29, 0.717) is 35.6 Å². The van der Waals surface area contributed by atoms with Crippen molar-refractivity contribution < 1.29 is 19.1 Å². The molecule has 154 valence electrons. The molecule has 1 unspecified atom stereocenters. The first-order chi connectivity index (χ1) is 14.0. The number of halogens is 1. The summed E-state index contributed by atoms with van der Waals surface area (Å²) in [7, 11) is 0. The number of nitrogens with one attached hydrogen (secondary N) is 1. The number of anilines is 2. The zero-order valence-electron chi connectivity index (χ0n) is 16.1. The van der Waals surface area contributed by atoms with Crippen LogP contribution >= 0.6 is 11.6 Å². The van der Waals surface area contributed by atoms with Crippen molar-refractivity contribution in [1.82, 2.24) is 10.2 Å². The number of ether oxygens (including phenoxy) is 2. The van der Waals surface area contributed by atoms with E-state index in [1.807, 2.05) is 4.90 Å². The van der Waals surface area contributed by atoms with Gasteiger partial charge in [-0.2, -0.15) is 0 Å². The minimum absolute atomic E-state index is 0.0702. The summed E-state index contributed by atoms with van der Waals surface area (Å²) in [6, 6.07) is 10.4. The quantitative estimate of drug-likeness (QED) is 0.691. The molecule has 1 aliphatic rings. The highest BCUT2D eigenvalue weighted by Crippen LogP contribution is 2.24. The number of carbonyl (C=O) groups excluding carboxylic acids is 2. The van der Waals surface area contributed by atoms with Gasteiger partial charge < -0.3 is 19.7 Å². The monoisotopic (exact) mass is 418 g/mol.